The molecule has 114 valence electrons. The smallest absolute Gasteiger partial charge is 0.254 e. The third-order valence-electron chi connectivity index (χ3n) is 4.79. The van der Waals surface area contributed by atoms with E-state index >= 15 is 0 Å². The van der Waals surface area contributed by atoms with Gasteiger partial charge in [0.1, 0.15) is 11.5 Å². The molecule has 2 saturated heterocycles. The van der Waals surface area contributed by atoms with Gasteiger partial charge in [-0.05, 0) is 30.9 Å². The molecular weight excluding hydrogens is 268 g/mol. The van der Waals surface area contributed by atoms with Gasteiger partial charge in [-0.15, -0.1) is 0 Å². The molecule has 0 bridgehead atoms. The number of benzene rings is 1. The van der Waals surface area contributed by atoms with Gasteiger partial charge in [0.25, 0.3) is 5.91 Å². The fraction of sp³-hybridized carbons (Fsp3) is 0.562. The van der Waals surface area contributed by atoms with Gasteiger partial charge in [-0.25, -0.2) is 0 Å². The van der Waals surface area contributed by atoms with E-state index in [0.29, 0.717) is 28.9 Å². The highest BCUT2D eigenvalue weighted by Gasteiger charge is 2.43. The van der Waals surface area contributed by atoms with Crippen LogP contribution in [0, 0.1) is 11.8 Å². The lowest BCUT2D eigenvalue weighted by molar-refractivity contribution is 0.0728. The Kier molecular flexibility index (Phi) is 3.76. The zero-order valence-electron chi connectivity index (χ0n) is 12.8. The molecule has 0 aliphatic carbocycles. The number of fused-ring (bicyclic) bond motifs is 1. The Balaban J connectivity index is 1.85. The van der Waals surface area contributed by atoms with Crippen LogP contribution in [0.2, 0.25) is 0 Å². The van der Waals surface area contributed by atoms with E-state index < -0.39 is 0 Å². The van der Waals surface area contributed by atoms with Crippen molar-refractivity contribution in [1.82, 2.24) is 10.2 Å². The number of hydrogen-bond acceptors (Lipinski definition) is 4. The van der Waals surface area contributed by atoms with E-state index in [-0.39, 0.29) is 11.9 Å². The average molecular weight is 290 g/mol. The van der Waals surface area contributed by atoms with Crippen molar-refractivity contribution >= 4 is 5.91 Å². The van der Waals surface area contributed by atoms with Crippen molar-refractivity contribution in [1.29, 1.82) is 0 Å². The maximum absolute atomic E-state index is 12.8. The standard InChI is InChI=1S/C16H22N2O3/c1-10-15-8-17-7-12(15)9-18(10)16(19)11-4-13(20-2)6-14(5-11)21-3/h4-6,10,12,15,17H,7-9H2,1-3H3. The molecular formula is C16H22N2O3. The first-order chi connectivity index (χ1) is 10.1. The monoisotopic (exact) mass is 290 g/mol. The fourth-order valence-corrected chi connectivity index (χ4v) is 3.53. The number of likely N-dealkylation sites (tertiary alicyclic amines) is 1. The topological polar surface area (TPSA) is 50.8 Å². The molecule has 1 N–H and O–H groups in total. The molecule has 3 unspecified atom stereocenters. The van der Waals surface area contributed by atoms with E-state index in [1.54, 1.807) is 32.4 Å². The third kappa shape index (κ3) is 2.46. The minimum atomic E-state index is 0.0640. The van der Waals surface area contributed by atoms with Gasteiger partial charge in [-0.1, -0.05) is 0 Å². The Morgan fingerprint density at radius 3 is 2.43 bits per heavy atom. The van der Waals surface area contributed by atoms with Gasteiger partial charge >= 0.3 is 0 Å². The number of amides is 1. The molecule has 5 nitrogen and oxygen atoms in total. The number of carbonyl (C=O) groups is 1. The van der Waals surface area contributed by atoms with Crippen molar-refractivity contribution < 1.29 is 14.3 Å². The van der Waals surface area contributed by atoms with Crippen LogP contribution >= 0.6 is 0 Å². The molecule has 0 spiro atoms. The lowest BCUT2D eigenvalue weighted by Gasteiger charge is -2.25. The maximum atomic E-state index is 12.8. The molecule has 5 heteroatoms. The summed E-state index contributed by atoms with van der Waals surface area (Å²) in [6, 6.07) is 5.62. The molecule has 21 heavy (non-hydrogen) atoms. The number of methoxy groups -OCH3 is 2. The second kappa shape index (κ2) is 5.56. The summed E-state index contributed by atoms with van der Waals surface area (Å²) < 4.78 is 10.5. The van der Waals surface area contributed by atoms with Crippen molar-refractivity contribution in [3.05, 3.63) is 23.8 Å². The van der Waals surface area contributed by atoms with Crippen LogP contribution in [0.1, 0.15) is 17.3 Å². The fourth-order valence-electron chi connectivity index (χ4n) is 3.53. The highest BCUT2D eigenvalue weighted by molar-refractivity contribution is 5.95. The molecule has 3 rings (SSSR count). The van der Waals surface area contributed by atoms with Gasteiger partial charge < -0.3 is 19.7 Å². The molecule has 3 atom stereocenters. The molecule has 2 aliphatic heterocycles. The summed E-state index contributed by atoms with van der Waals surface area (Å²) in [6.45, 7) is 5.00. The van der Waals surface area contributed by atoms with Gasteiger partial charge in [0, 0.05) is 37.3 Å². The zero-order chi connectivity index (χ0) is 15.0. The molecule has 2 heterocycles. The van der Waals surface area contributed by atoms with Crippen LogP contribution in [0.3, 0.4) is 0 Å². The van der Waals surface area contributed by atoms with E-state index in [1.807, 2.05) is 4.90 Å². The van der Waals surface area contributed by atoms with Gasteiger partial charge in [-0.3, -0.25) is 4.79 Å². The van der Waals surface area contributed by atoms with E-state index in [4.69, 9.17) is 9.47 Å². The molecule has 1 aromatic carbocycles. The normalized spacial score (nSPS) is 27.6. The van der Waals surface area contributed by atoms with Crippen LogP contribution in [0.15, 0.2) is 18.2 Å². The molecule has 0 aromatic heterocycles. The first-order valence-electron chi connectivity index (χ1n) is 7.38. The summed E-state index contributed by atoms with van der Waals surface area (Å²) in [5.74, 6) is 2.50. The highest BCUT2D eigenvalue weighted by Crippen LogP contribution is 2.34. The summed E-state index contributed by atoms with van der Waals surface area (Å²) in [4.78, 5) is 14.8. The third-order valence-corrected chi connectivity index (χ3v) is 4.79. The van der Waals surface area contributed by atoms with Crippen LogP contribution in [-0.2, 0) is 0 Å². The average Bonchev–Trinajstić information content (AvgIpc) is 3.09. The number of hydrogen-bond donors (Lipinski definition) is 1. The quantitative estimate of drug-likeness (QED) is 0.914. The Hall–Kier alpha value is -1.75. The Labute approximate surface area is 125 Å². The van der Waals surface area contributed by atoms with Crippen LogP contribution in [0.25, 0.3) is 0 Å². The molecule has 0 radical (unpaired) electrons. The maximum Gasteiger partial charge on any atom is 0.254 e. The second-order valence-electron chi connectivity index (χ2n) is 5.88. The van der Waals surface area contributed by atoms with Gasteiger partial charge in [0.2, 0.25) is 0 Å². The van der Waals surface area contributed by atoms with Crippen molar-refractivity contribution in [3.8, 4) is 11.5 Å². The number of nitrogens with zero attached hydrogens (tertiary/aromatic N) is 1. The molecule has 2 aliphatic rings. The van der Waals surface area contributed by atoms with E-state index in [9.17, 15) is 4.79 Å². The summed E-state index contributed by atoms with van der Waals surface area (Å²) in [6.07, 6.45) is 0. The summed E-state index contributed by atoms with van der Waals surface area (Å²) in [7, 11) is 3.19. The van der Waals surface area contributed by atoms with Gasteiger partial charge in [-0.2, -0.15) is 0 Å². The van der Waals surface area contributed by atoms with Gasteiger partial charge in [0.15, 0.2) is 0 Å². The Morgan fingerprint density at radius 2 is 1.86 bits per heavy atom. The van der Waals surface area contributed by atoms with E-state index in [1.165, 1.54) is 0 Å². The Bertz CT molecular complexity index is 524. The number of rotatable bonds is 3. The largest absolute Gasteiger partial charge is 0.497 e. The predicted octanol–water partition coefficient (Wildman–Crippen LogP) is 1.38. The SMILES string of the molecule is COc1cc(OC)cc(C(=O)N2CC3CNCC3C2C)c1. The molecule has 2 fully saturated rings. The summed E-state index contributed by atoms with van der Waals surface area (Å²) in [5.41, 5.74) is 0.631. The van der Waals surface area contributed by atoms with Crippen molar-refractivity contribution in [2.45, 2.75) is 13.0 Å². The van der Waals surface area contributed by atoms with Crippen molar-refractivity contribution in [2.24, 2.45) is 11.8 Å². The van der Waals surface area contributed by atoms with Gasteiger partial charge in [0.05, 0.1) is 14.2 Å². The second-order valence-corrected chi connectivity index (χ2v) is 5.88. The minimum absolute atomic E-state index is 0.0640. The number of carbonyl (C=O) groups excluding carboxylic acids is 1. The lowest BCUT2D eigenvalue weighted by Crippen LogP contribution is -2.38. The van der Waals surface area contributed by atoms with Crippen LogP contribution in [-0.4, -0.2) is 50.7 Å². The zero-order valence-corrected chi connectivity index (χ0v) is 12.8. The number of ether oxygens (including phenoxy) is 2. The van der Waals surface area contributed by atoms with E-state index in [2.05, 4.69) is 12.2 Å². The first kappa shape index (κ1) is 14.2. The van der Waals surface area contributed by atoms with Crippen molar-refractivity contribution in [3.63, 3.8) is 0 Å². The highest BCUT2D eigenvalue weighted by atomic mass is 16.5. The summed E-state index contributed by atoms with van der Waals surface area (Å²) in [5, 5.41) is 3.41. The Morgan fingerprint density at radius 1 is 1.19 bits per heavy atom. The van der Waals surface area contributed by atoms with Crippen LogP contribution in [0.4, 0.5) is 0 Å². The first-order valence-corrected chi connectivity index (χ1v) is 7.38. The van der Waals surface area contributed by atoms with Crippen LogP contribution in [0.5, 0.6) is 11.5 Å². The lowest BCUT2D eigenvalue weighted by atomic mass is 9.95. The predicted molar refractivity (Wildman–Crippen MR) is 79.9 cm³/mol. The molecule has 1 aromatic rings. The molecule has 0 saturated carbocycles. The van der Waals surface area contributed by atoms with Crippen LogP contribution < -0.4 is 14.8 Å². The molecule has 1 amide bonds. The number of nitrogens with one attached hydrogen (secondary N) is 1. The summed E-state index contributed by atoms with van der Waals surface area (Å²) >= 11 is 0. The van der Waals surface area contributed by atoms with Crippen molar-refractivity contribution in [2.75, 3.05) is 33.9 Å². The minimum Gasteiger partial charge on any atom is -0.497 e. The van der Waals surface area contributed by atoms with E-state index in [0.717, 1.165) is 19.6 Å².